The fourth-order valence-corrected chi connectivity index (χ4v) is 1.73. The lowest BCUT2D eigenvalue weighted by molar-refractivity contribution is -0.383. The molecule has 1 atom stereocenters. The molecule has 18 heavy (non-hydrogen) atoms. The minimum Gasteiger partial charge on any atom is -0.382 e. The van der Waals surface area contributed by atoms with Crippen LogP contribution in [0.2, 0.25) is 0 Å². The molecule has 6 heteroatoms. The van der Waals surface area contributed by atoms with Crippen molar-refractivity contribution >= 4 is 22.3 Å². The van der Waals surface area contributed by atoms with Gasteiger partial charge in [-0.25, -0.2) is 0 Å². The number of nitro groups is 1. The second-order valence-corrected chi connectivity index (χ2v) is 4.15. The first-order chi connectivity index (χ1) is 8.59. The lowest BCUT2D eigenvalue weighted by Gasteiger charge is -2.11. The van der Waals surface area contributed by atoms with Crippen LogP contribution in [0.25, 0.3) is 10.9 Å². The van der Waals surface area contributed by atoms with Crippen molar-refractivity contribution in [1.82, 2.24) is 4.98 Å². The monoisotopic (exact) mass is 246 g/mol. The molecule has 0 amide bonds. The fraction of sp³-hybridized carbons (Fsp3) is 0.250. The Morgan fingerprint density at radius 3 is 2.94 bits per heavy atom. The Labute approximate surface area is 104 Å². The number of hydrogen-bond acceptors (Lipinski definition) is 5. The maximum absolute atomic E-state index is 10.9. The molecular formula is C12H14N4O2. The number of nitro benzene ring substituents is 1. The first-order valence-corrected chi connectivity index (χ1v) is 5.61. The number of aromatic nitrogens is 1. The third-order valence-electron chi connectivity index (χ3n) is 2.56. The van der Waals surface area contributed by atoms with Crippen molar-refractivity contribution in [3.63, 3.8) is 0 Å². The van der Waals surface area contributed by atoms with Gasteiger partial charge in [0.1, 0.15) is 5.52 Å². The van der Waals surface area contributed by atoms with Gasteiger partial charge in [0.15, 0.2) is 0 Å². The molecule has 6 nitrogen and oxygen atoms in total. The van der Waals surface area contributed by atoms with Crippen molar-refractivity contribution < 1.29 is 4.92 Å². The number of rotatable bonds is 4. The summed E-state index contributed by atoms with van der Waals surface area (Å²) < 4.78 is 0. The molecule has 1 aromatic carbocycles. The van der Waals surface area contributed by atoms with Crippen molar-refractivity contribution in [3.05, 3.63) is 40.6 Å². The van der Waals surface area contributed by atoms with E-state index in [0.29, 0.717) is 17.4 Å². The number of pyridine rings is 1. The Morgan fingerprint density at radius 1 is 1.50 bits per heavy atom. The van der Waals surface area contributed by atoms with Gasteiger partial charge in [0, 0.05) is 24.8 Å². The van der Waals surface area contributed by atoms with Gasteiger partial charge in [0.2, 0.25) is 0 Å². The highest BCUT2D eigenvalue weighted by molar-refractivity contribution is 5.96. The topological polar surface area (TPSA) is 94.1 Å². The Bertz CT molecular complexity index is 583. The summed E-state index contributed by atoms with van der Waals surface area (Å²) in [4.78, 5) is 14.7. The van der Waals surface area contributed by atoms with Gasteiger partial charge in [-0.1, -0.05) is 0 Å². The van der Waals surface area contributed by atoms with Gasteiger partial charge in [0.05, 0.1) is 16.0 Å². The summed E-state index contributed by atoms with van der Waals surface area (Å²) in [5.41, 5.74) is 7.08. The predicted molar refractivity (Wildman–Crippen MR) is 70.5 cm³/mol. The van der Waals surface area contributed by atoms with Crippen LogP contribution >= 0.6 is 0 Å². The Hall–Kier alpha value is -2.21. The van der Waals surface area contributed by atoms with E-state index in [0.717, 1.165) is 5.69 Å². The maximum atomic E-state index is 10.9. The van der Waals surface area contributed by atoms with Gasteiger partial charge in [-0.05, 0) is 25.1 Å². The second kappa shape index (κ2) is 4.97. The molecule has 0 aliphatic carbocycles. The van der Waals surface area contributed by atoms with E-state index >= 15 is 0 Å². The molecule has 0 saturated carbocycles. The van der Waals surface area contributed by atoms with Gasteiger partial charge >= 0.3 is 0 Å². The predicted octanol–water partition coefficient (Wildman–Crippen LogP) is 1.90. The van der Waals surface area contributed by atoms with Crippen molar-refractivity contribution in [2.75, 3.05) is 11.9 Å². The molecule has 0 aliphatic heterocycles. The molecule has 0 spiro atoms. The molecule has 2 aromatic rings. The Morgan fingerprint density at radius 2 is 2.28 bits per heavy atom. The zero-order valence-corrected chi connectivity index (χ0v) is 9.96. The second-order valence-electron chi connectivity index (χ2n) is 4.15. The molecule has 1 heterocycles. The van der Waals surface area contributed by atoms with Gasteiger partial charge < -0.3 is 11.1 Å². The van der Waals surface area contributed by atoms with Gasteiger partial charge in [0.25, 0.3) is 5.69 Å². The number of non-ortho nitro benzene ring substituents is 1. The number of nitrogens with two attached hydrogens (primary N) is 1. The van der Waals surface area contributed by atoms with E-state index in [1.54, 1.807) is 24.4 Å². The molecule has 0 bridgehead atoms. The smallest absolute Gasteiger partial charge is 0.278 e. The zero-order valence-electron chi connectivity index (χ0n) is 9.96. The number of nitrogens with one attached hydrogen (secondary N) is 1. The summed E-state index contributed by atoms with van der Waals surface area (Å²) in [7, 11) is 0. The van der Waals surface area contributed by atoms with Crippen LogP contribution in [0.4, 0.5) is 11.4 Å². The first kappa shape index (κ1) is 12.3. The number of nitrogens with zero attached hydrogens (tertiary/aromatic N) is 2. The molecule has 94 valence electrons. The summed E-state index contributed by atoms with van der Waals surface area (Å²) in [6, 6.07) is 6.52. The Balaban J connectivity index is 2.50. The maximum Gasteiger partial charge on any atom is 0.278 e. The SMILES string of the molecule is C[C@@H](N)CNc1ccc([N+](=O)[O-])c2cccnc12. The number of benzene rings is 1. The summed E-state index contributed by atoms with van der Waals surface area (Å²) in [6.45, 7) is 2.47. The van der Waals surface area contributed by atoms with E-state index in [1.165, 1.54) is 6.07 Å². The zero-order chi connectivity index (χ0) is 13.1. The average molecular weight is 246 g/mol. The lowest BCUT2D eigenvalue weighted by Crippen LogP contribution is -2.25. The largest absolute Gasteiger partial charge is 0.382 e. The van der Waals surface area contributed by atoms with Crippen molar-refractivity contribution in [1.29, 1.82) is 0 Å². The van der Waals surface area contributed by atoms with Crippen LogP contribution in [0.15, 0.2) is 30.5 Å². The summed E-state index contributed by atoms with van der Waals surface area (Å²) in [6.07, 6.45) is 1.61. The van der Waals surface area contributed by atoms with Crippen LogP contribution in [0.5, 0.6) is 0 Å². The summed E-state index contributed by atoms with van der Waals surface area (Å²) in [5, 5.41) is 14.6. The van der Waals surface area contributed by atoms with E-state index in [1.807, 2.05) is 6.92 Å². The molecule has 0 fully saturated rings. The van der Waals surface area contributed by atoms with Crippen molar-refractivity contribution in [2.24, 2.45) is 5.73 Å². The van der Waals surface area contributed by atoms with E-state index in [2.05, 4.69) is 10.3 Å². The van der Waals surface area contributed by atoms with E-state index in [9.17, 15) is 10.1 Å². The lowest BCUT2D eigenvalue weighted by atomic mass is 10.1. The molecule has 0 saturated heterocycles. The third-order valence-corrected chi connectivity index (χ3v) is 2.56. The Kier molecular flexibility index (Phi) is 3.38. The van der Waals surface area contributed by atoms with Gasteiger partial charge in [-0.3, -0.25) is 15.1 Å². The van der Waals surface area contributed by atoms with Crippen LogP contribution in [-0.4, -0.2) is 22.5 Å². The van der Waals surface area contributed by atoms with Crippen LogP contribution in [-0.2, 0) is 0 Å². The molecule has 1 aromatic heterocycles. The normalized spacial score (nSPS) is 12.3. The quantitative estimate of drug-likeness (QED) is 0.634. The van der Waals surface area contributed by atoms with Crippen LogP contribution in [0, 0.1) is 10.1 Å². The summed E-state index contributed by atoms with van der Waals surface area (Å²) in [5.74, 6) is 0. The molecule has 0 radical (unpaired) electrons. The number of anilines is 1. The minimum atomic E-state index is -0.403. The molecular weight excluding hydrogens is 232 g/mol. The highest BCUT2D eigenvalue weighted by atomic mass is 16.6. The number of hydrogen-bond donors (Lipinski definition) is 2. The standard InChI is InChI=1S/C12H14N4O2/c1-8(13)7-15-10-4-5-11(16(17)18)9-3-2-6-14-12(9)10/h2-6,8,15H,7,13H2,1H3/t8-/m1/s1. The first-order valence-electron chi connectivity index (χ1n) is 5.61. The van der Waals surface area contributed by atoms with Crippen LogP contribution < -0.4 is 11.1 Å². The fourth-order valence-electron chi connectivity index (χ4n) is 1.73. The van der Waals surface area contributed by atoms with Crippen LogP contribution in [0.3, 0.4) is 0 Å². The van der Waals surface area contributed by atoms with Crippen molar-refractivity contribution in [3.8, 4) is 0 Å². The van der Waals surface area contributed by atoms with E-state index in [4.69, 9.17) is 5.73 Å². The van der Waals surface area contributed by atoms with Crippen molar-refractivity contribution in [2.45, 2.75) is 13.0 Å². The molecule has 0 unspecified atom stereocenters. The molecule has 0 aliphatic rings. The van der Waals surface area contributed by atoms with E-state index < -0.39 is 4.92 Å². The summed E-state index contributed by atoms with van der Waals surface area (Å²) >= 11 is 0. The minimum absolute atomic E-state index is 0.000968. The highest BCUT2D eigenvalue weighted by Crippen LogP contribution is 2.29. The van der Waals surface area contributed by atoms with E-state index in [-0.39, 0.29) is 11.7 Å². The third kappa shape index (κ3) is 2.38. The van der Waals surface area contributed by atoms with Gasteiger partial charge in [-0.2, -0.15) is 0 Å². The molecule has 2 rings (SSSR count). The van der Waals surface area contributed by atoms with Gasteiger partial charge in [-0.15, -0.1) is 0 Å². The highest BCUT2D eigenvalue weighted by Gasteiger charge is 2.14. The van der Waals surface area contributed by atoms with Crippen LogP contribution in [0.1, 0.15) is 6.92 Å². The average Bonchev–Trinajstić information content (AvgIpc) is 2.35. The molecule has 3 N–H and O–H groups in total. The number of fused-ring (bicyclic) bond motifs is 1.